The van der Waals surface area contributed by atoms with Gasteiger partial charge in [0.1, 0.15) is 0 Å². The number of para-hydroxylation sites is 2. The van der Waals surface area contributed by atoms with Crippen molar-refractivity contribution in [1.29, 1.82) is 10.5 Å². The fourth-order valence-corrected chi connectivity index (χ4v) is 10.1. The Morgan fingerprint density at radius 3 is 1.23 bits per heavy atom. The highest BCUT2D eigenvalue weighted by Crippen LogP contribution is 2.58. The van der Waals surface area contributed by atoms with Crippen LogP contribution in [0, 0.1) is 22.7 Å². The molecule has 0 bridgehead atoms. The quantitative estimate of drug-likeness (QED) is 0.177. The van der Waals surface area contributed by atoms with Gasteiger partial charge in [-0.05, 0) is 143 Å². The van der Waals surface area contributed by atoms with Gasteiger partial charge in [0.2, 0.25) is 0 Å². The zero-order chi connectivity index (χ0) is 38.4. The molecule has 4 nitrogen and oxygen atoms in total. The SMILES string of the molecule is N#Cc1ccc(-n2c3ccccc3c3cc(C4(c5ccc6c(c5)c5ccccc5n6-c5ccc(C#N)cc5)c5cc(Br)ccc5-c5ccc(Br)cc54)ccc32)cc1. The Balaban J connectivity index is 1.24. The Bertz CT molecular complexity index is 3160. The van der Waals surface area contributed by atoms with Crippen LogP contribution in [0.4, 0.5) is 0 Å². The molecule has 0 amide bonds. The molecular weight excluding hydrogens is 828 g/mol. The van der Waals surface area contributed by atoms with E-state index in [1.54, 1.807) is 0 Å². The third-order valence-electron chi connectivity index (χ3n) is 11.8. The molecule has 0 fully saturated rings. The molecule has 0 unspecified atom stereocenters. The van der Waals surface area contributed by atoms with Gasteiger partial charge in [-0.25, -0.2) is 0 Å². The molecule has 0 saturated carbocycles. The zero-order valence-electron chi connectivity index (χ0n) is 30.2. The third-order valence-corrected chi connectivity index (χ3v) is 12.8. The summed E-state index contributed by atoms with van der Waals surface area (Å²) in [6.45, 7) is 0. The Morgan fingerprint density at radius 2 is 0.807 bits per heavy atom. The largest absolute Gasteiger partial charge is 0.309 e. The summed E-state index contributed by atoms with van der Waals surface area (Å²) in [6.07, 6.45) is 0. The van der Waals surface area contributed by atoms with Crippen molar-refractivity contribution in [3.63, 3.8) is 0 Å². The van der Waals surface area contributed by atoms with Crippen molar-refractivity contribution in [3.8, 4) is 34.6 Å². The number of nitriles is 2. The summed E-state index contributed by atoms with van der Waals surface area (Å²) in [7, 11) is 0. The Labute approximate surface area is 345 Å². The lowest BCUT2D eigenvalue weighted by molar-refractivity contribution is 0.770. The molecule has 2 aromatic heterocycles. The van der Waals surface area contributed by atoms with Gasteiger partial charge in [-0.15, -0.1) is 0 Å². The van der Waals surface area contributed by atoms with Gasteiger partial charge in [0.15, 0.2) is 0 Å². The number of benzene rings is 8. The summed E-state index contributed by atoms with van der Waals surface area (Å²) in [6, 6.07) is 64.7. The molecule has 6 heteroatoms. The number of fused-ring (bicyclic) bond motifs is 9. The lowest BCUT2D eigenvalue weighted by Gasteiger charge is -2.34. The Morgan fingerprint density at radius 1 is 0.404 bits per heavy atom. The van der Waals surface area contributed by atoms with Gasteiger partial charge in [-0.2, -0.15) is 10.5 Å². The zero-order valence-corrected chi connectivity index (χ0v) is 33.4. The maximum Gasteiger partial charge on any atom is 0.0991 e. The van der Waals surface area contributed by atoms with Crippen LogP contribution in [0.1, 0.15) is 33.4 Å². The molecule has 0 saturated heterocycles. The van der Waals surface area contributed by atoms with Crippen molar-refractivity contribution in [1.82, 2.24) is 9.13 Å². The summed E-state index contributed by atoms with van der Waals surface area (Å²) in [5.74, 6) is 0. The smallest absolute Gasteiger partial charge is 0.0991 e. The molecule has 1 aliphatic carbocycles. The van der Waals surface area contributed by atoms with E-state index in [4.69, 9.17) is 0 Å². The van der Waals surface area contributed by atoms with Gasteiger partial charge in [0.05, 0.1) is 50.7 Å². The molecule has 1 aliphatic rings. The van der Waals surface area contributed by atoms with E-state index in [2.05, 4.69) is 174 Å². The predicted octanol–water partition coefficient (Wildman–Crippen LogP) is 13.5. The lowest BCUT2D eigenvalue weighted by Crippen LogP contribution is -2.28. The number of rotatable bonds is 4. The van der Waals surface area contributed by atoms with Crippen LogP contribution in [0.5, 0.6) is 0 Å². The van der Waals surface area contributed by atoms with Crippen molar-refractivity contribution in [2.45, 2.75) is 5.41 Å². The molecule has 0 atom stereocenters. The maximum atomic E-state index is 9.54. The van der Waals surface area contributed by atoms with E-state index in [1.807, 2.05) is 48.5 Å². The number of hydrogen-bond acceptors (Lipinski definition) is 2. The summed E-state index contributed by atoms with van der Waals surface area (Å²) in [5.41, 5.74) is 14.2. The van der Waals surface area contributed by atoms with Crippen LogP contribution >= 0.6 is 31.9 Å². The van der Waals surface area contributed by atoms with E-state index in [9.17, 15) is 10.5 Å². The highest BCUT2D eigenvalue weighted by molar-refractivity contribution is 9.10. The molecular formula is C51H28Br2N4. The predicted molar refractivity (Wildman–Crippen MR) is 237 cm³/mol. The van der Waals surface area contributed by atoms with Crippen LogP contribution in [-0.2, 0) is 5.41 Å². The van der Waals surface area contributed by atoms with Crippen LogP contribution in [0.2, 0.25) is 0 Å². The van der Waals surface area contributed by atoms with Crippen molar-refractivity contribution >= 4 is 75.5 Å². The van der Waals surface area contributed by atoms with Crippen molar-refractivity contribution < 1.29 is 0 Å². The van der Waals surface area contributed by atoms with Crippen LogP contribution in [0.25, 0.3) is 66.1 Å². The first kappa shape index (κ1) is 33.6. The van der Waals surface area contributed by atoms with Gasteiger partial charge in [-0.3, -0.25) is 0 Å². The van der Waals surface area contributed by atoms with E-state index in [1.165, 1.54) is 33.4 Å². The first-order valence-electron chi connectivity index (χ1n) is 18.7. The van der Waals surface area contributed by atoms with E-state index >= 15 is 0 Å². The van der Waals surface area contributed by atoms with Crippen LogP contribution < -0.4 is 0 Å². The molecule has 0 spiro atoms. The number of nitrogens with zero attached hydrogens (tertiary/aromatic N) is 4. The molecule has 11 rings (SSSR count). The van der Waals surface area contributed by atoms with Crippen molar-refractivity contribution in [2.75, 3.05) is 0 Å². The first-order chi connectivity index (χ1) is 28.0. The van der Waals surface area contributed by atoms with E-state index in [0.717, 1.165) is 63.9 Å². The fourth-order valence-electron chi connectivity index (χ4n) is 9.40. The second-order valence-electron chi connectivity index (χ2n) is 14.6. The van der Waals surface area contributed by atoms with Crippen LogP contribution in [0.3, 0.4) is 0 Å². The Kier molecular flexibility index (Phi) is 7.47. The fraction of sp³-hybridized carbons (Fsp3) is 0.0196. The average molecular weight is 857 g/mol. The highest BCUT2D eigenvalue weighted by atomic mass is 79.9. The second kappa shape index (κ2) is 12.7. The topological polar surface area (TPSA) is 57.4 Å². The maximum absolute atomic E-state index is 9.54. The van der Waals surface area contributed by atoms with Gasteiger partial charge in [0, 0.05) is 41.9 Å². The third kappa shape index (κ3) is 4.82. The van der Waals surface area contributed by atoms with Crippen molar-refractivity contribution in [3.05, 3.63) is 212 Å². The number of hydrogen-bond donors (Lipinski definition) is 0. The van der Waals surface area contributed by atoms with Crippen molar-refractivity contribution in [2.24, 2.45) is 0 Å². The molecule has 0 aliphatic heterocycles. The first-order valence-corrected chi connectivity index (χ1v) is 20.3. The van der Waals surface area contributed by atoms with Gasteiger partial charge in [0.25, 0.3) is 0 Å². The molecule has 2 heterocycles. The number of halogens is 2. The number of aromatic nitrogens is 2. The van der Waals surface area contributed by atoms with Gasteiger partial charge in [-0.1, -0.05) is 92.5 Å². The summed E-state index contributed by atoms with van der Waals surface area (Å²) < 4.78 is 6.65. The molecule has 57 heavy (non-hydrogen) atoms. The van der Waals surface area contributed by atoms with Crippen LogP contribution in [0.15, 0.2) is 179 Å². The minimum Gasteiger partial charge on any atom is -0.309 e. The van der Waals surface area contributed by atoms with E-state index in [-0.39, 0.29) is 0 Å². The van der Waals surface area contributed by atoms with E-state index in [0.29, 0.717) is 11.1 Å². The summed E-state index contributed by atoms with van der Waals surface area (Å²) in [5, 5.41) is 23.7. The van der Waals surface area contributed by atoms with Gasteiger partial charge < -0.3 is 9.13 Å². The molecule has 0 N–H and O–H groups in total. The average Bonchev–Trinajstić information content (AvgIpc) is 3.87. The molecule has 266 valence electrons. The van der Waals surface area contributed by atoms with Gasteiger partial charge >= 0.3 is 0 Å². The van der Waals surface area contributed by atoms with E-state index < -0.39 is 5.41 Å². The Hall–Kier alpha value is -6.70. The lowest BCUT2D eigenvalue weighted by atomic mass is 9.67. The molecule has 0 radical (unpaired) electrons. The highest BCUT2D eigenvalue weighted by Gasteiger charge is 2.47. The standard InChI is InChI=1S/C51H28Br2N4/c52-35-15-21-39-40-22-16-36(53)28-46(40)51(45(39)27-35,33-13-23-49-43(25-33)41-5-1-3-7-47(41)56(49)37-17-9-31(29-54)10-18-37)34-14-24-50-44(26-34)42-6-2-4-8-48(42)57(50)38-19-11-32(30-55)12-20-38/h1-28H. The molecule has 10 aromatic rings. The monoisotopic (exact) mass is 854 g/mol. The second-order valence-corrected chi connectivity index (χ2v) is 16.4. The minimum atomic E-state index is -0.685. The summed E-state index contributed by atoms with van der Waals surface area (Å²) in [4.78, 5) is 0. The van der Waals surface area contributed by atoms with Crippen LogP contribution in [-0.4, -0.2) is 9.13 Å². The molecule has 8 aromatic carbocycles. The minimum absolute atomic E-state index is 0.636. The normalized spacial score (nSPS) is 12.8. The summed E-state index contributed by atoms with van der Waals surface area (Å²) >= 11 is 7.78.